The van der Waals surface area contributed by atoms with Crippen molar-refractivity contribution in [3.8, 4) is 0 Å². The van der Waals surface area contributed by atoms with Gasteiger partial charge in [0.1, 0.15) is 6.04 Å². The van der Waals surface area contributed by atoms with Crippen LogP contribution in [0.3, 0.4) is 0 Å². The van der Waals surface area contributed by atoms with Gasteiger partial charge in [0.2, 0.25) is 0 Å². The molecule has 0 spiro atoms. The van der Waals surface area contributed by atoms with E-state index in [1.54, 1.807) is 0 Å². The average molecular weight is 247 g/mol. The summed E-state index contributed by atoms with van der Waals surface area (Å²) in [6.07, 6.45) is 4.27. The van der Waals surface area contributed by atoms with Crippen LogP contribution in [0.25, 0.3) is 0 Å². The molecule has 0 amide bonds. The summed E-state index contributed by atoms with van der Waals surface area (Å²) in [5, 5.41) is 12.5. The molecule has 2 rings (SSSR count). The number of hydrogen-bond acceptors (Lipinski definition) is 2. The number of carbonyl (C=O) groups is 1. The van der Waals surface area contributed by atoms with Crippen LogP contribution in [-0.2, 0) is 4.79 Å². The maximum absolute atomic E-state index is 11.2. The first kappa shape index (κ1) is 13.1. The Kier molecular flexibility index (Phi) is 4.37. The van der Waals surface area contributed by atoms with E-state index >= 15 is 0 Å². The molecule has 2 N–H and O–H groups in total. The first-order valence-electron chi connectivity index (χ1n) is 6.76. The minimum atomic E-state index is -0.752. The minimum Gasteiger partial charge on any atom is -0.480 e. The molecular formula is C15H21NO2. The zero-order valence-corrected chi connectivity index (χ0v) is 10.8. The Balaban J connectivity index is 2.13. The maximum Gasteiger partial charge on any atom is 0.320 e. The van der Waals surface area contributed by atoms with Crippen LogP contribution < -0.4 is 5.32 Å². The van der Waals surface area contributed by atoms with E-state index in [-0.39, 0.29) is 6.04 Å². The summed E-state index contributed by atoms with van der Waals surface area (Å²) >= 11 is 0. The largest absolute Gasteiger partial charge is 0.480 e. The summed E-state index contributed by atoms with van der Waals surface area (Å²) in [6, 6.07) is 9.94. The molecule has 1 aromatic rings. The Morgan fingerprint density at radius 3 is 2.50 bits per heavy atom. The Morgan fingerprint density at radius 2 is 2.06 bits per heavy atom. The highest BCUT2D eigenvalue weighted by Crippen LogP contribution is 2.38. The van der Waals surface area contributed by atoms with Crippen molar-refractivity contribution in [1.82, 2.24) is 5.32 Å². The molecule has 0 aliphatic heterocycles. The lowest BCUT2D eigenvalue weighted by Gasteiger charge is -2.36. The van der Waals surface area contributed by atoms with Crippen molar-refractivity contribution in [2.75, 3.05) is 0 Å². The number of carboxylic acid groups (broad SMARTS) is 1. The molecule has 1 aromatic carbocycles. The standard InChI is InChI=1S/C15H21NO2/c1-2-13(15(17)18)16-14(12-9-6-10-12)11-7-4-3-5-8-11/h3-5,7-8,12-14,16H,2,6,9-10H2,1H3,(H,17,18)/t13-,14+/m0/s1. The molecule has 1 aliphatic rings. The normalized spacial score (nSPS) is 18.9. The fraction of sp³-hybridized carbons (Fsp3) is 0.533. The van der Waals surface area contributed by atoms with Gasteiger partial charge < -0.3 is 5.11 Å². The molecule has 98 valence electrons. The first-order chi connectivity index (χ1) is 8.72. The van der Waals surface area contributed by atoms with Crippen LogP contribution in [0, 0.1) is 5.92 Å². The number of carboxylic acids is 1. The SMILES string of the molecule is CC[C@H](N[C@H](c1ccccc1)C1CCC1)C(=O)O. The third-order valence-electron chi connectivity index (χ3n) is 3.87. The van der Waals surface area contributed by atoms with Crippen molar-refractivity contribution in [2.45, 2.75) is 44.7 Å². The lowest BCUT2D eigenvalue weighted by Crippen LogP contribution is -2.42. The van der Waals surface area contributed by atoms with Gasteiger partial charge in [0.25, 0.3) is 0 Å². The Bertz CT molecular complexity index is 387. The van der Waals surface area contributed by atoms with Crippen LogP contribution in [0.2, 0.25) is 0 Å². The van der Waals surface area contributed by atoms with E-state index in [9.17, 15) is 9.90 Å². The van der Waals surface area contributed by atoms with E-state index in [1.165, 1.54) is 24.8 Å². The van der Waals surface area contributed by atoms with Crippen molar-refractivity contribution >= 4 is 5.97 Å². The second-order valence-corrected chi connectivity index (χ2v) is 5.05. The first-order valence-corrected chi connectivity index (χ1v) is 6.76. The summed E-state index contributed by atoms with van der Waals surface area (Å²) in [7, 11) is 0. The molecule has 0 saturated heterocycles. The van der Waals surface area contributed by atoms with Gasteiger partial charge in [0.05, 0.1) is 0 Å². The molecule has 18 heavy (non-hydrogen) atoms. The van der Waals surface area contributed by atoms with Crippen LogP contribution in [-0.4, -0.2) is 17.1 Å². The van der Waals surface area contributed by atoms with Crippen LogP contribution in [0.5, 0.6) is 0 Å². The molecule has 3 nitrogen and oxygen atoms in total. The number of rotatable bonds is 6. The van der Waals surface area contributed by atoms with Gasteiger partial charge in [0.15, 0.2) is 0 Å². The smallest absolute Gasteiger partial charge is 0.320 e. The van der Waals surface area contributed by atoms with Gasteiger partial charge in [-0.25, -0.2) is 0 Å². The number of hydrogen-bond donors (Lipinski definition) is 2. The Labute approximate surface area is 108 Å². The quantitative estimate of drug-likeness (QED) is 0.812. The van der Waals surface area contributed by atoms with Crippen LogP contribution in [0.15, 0.2) is 30.3 Å². The lowest BCUT2D eigenvalue weighted by atomic mass is 9.77. The van der Waals surface area contributed by atoms with Crippen molar-refractivity contribution in [1.29, 1.82) is 0 Å². The monoisotopic (exact) mass is 247 g/mol. The van der Waals surface area contributed by atoms with Crippen molar-refractivity contribution in [2.24, 2.45) is 5.92 Å². The molecule has 3 heteroatoms. The fourth-order valence-electron chi connectivity index (χ4n) is 2.52. The van der Waals surface area contributed by atoms with E-state index in [0.717, 1.165) is 0 Å². The van der Waals surface area contributed by atoms with E-state index in [2.05, 4.69) is 17.4 Å². The fourth-order valence-corrected chi connectivity index (χ4v) is 2.52. The van der Waals surface area contributed by atoms with E-state index < -0.39 is 12.0 Å². The second-order valence-electron chi connectivity index (χ2n) is 5.05. The molecule has 0 unspecified atom stereocenters. The van der Waals surface area contributed by atoms with Crippen molar-refractivity contribution in [3.63, 3.8) is 0 Å². The predicted molar refractivity (Wildman–Crippen MR) is 71.4 cm³/mol. The van der Waals surface area contributed by atoms with Crippen molar-refractivity contribution < 1.29 is 9.90 Å². The van der Waals surface area contributed by atoms with Crippen LogP contribution >= 0.6 is 0 Å². The predicted octanol–water partition coefficient (Wildman–Crippen LogP) is 2.98. The molecule has 1 aliphatic carbocycles. The second kappa shape index (κ2) is 6.01. The Hall–Kier alpha value is -1.35. The maximum atomic E-state index is 11.2. The molecule has 0 radical (unpaired) electrons. The minimum absolute atomic E-state index is 0.181. The van der Waals surface area contributed by atoms with Gasteiger partial charge in [-0.3, -0.25) is 10.1 Å². The average Bonchev–Trinajstić information content (AvgIpc) is 2.32. The number of nitrogens with one attached hydrogen (secondary N) is 1. The lowest BCUT2D eigenvalue weighted by molar-refractivity contribution is -0.140. The summed E-state index contributed by atoms with van der Waals surface area (Å²) in [5.74, 6) is -0.168. The third kappa shape index (κ3) is 2.91. The van der Waals surface area contributed by atoms with E-state index in [0.29, 0.717) is 12.3 Å². The molecule has 0 aromatic heterocycles. The highest BCUT2D eigenvalue weighted by Gasteiger charge is 2.31. The van der Waals surface area contributed by atoms with Gasteiger partial charge in [-0.1, -0.05) is 43.7 Å². The highest BCUT2D eigenvalue weighted by molar-refractivity contribution is 5.73. The van der Waals surface area contributed by atoms with Gasteiger partial charge in [-0.2, -0.15) is 0 Å². The van der Waals surface area contributed by atoms with Gasteiger partial charge in [-0.15, -0.1) is 0 Å². The zero-order valence-electron chi connectivity index (χ0n) is 10.8. The summed E-state index contributed by atoms with van der Waals surface area (Å²) in [4.78, 5) is 11.2. The third-order valence-corrected chi connectivity index (χ3v) is 3.87. The summed E-state index contributed by atoms with van der Waals surface area (Å²) in [5.41, 5.74) is 1.21. The number of aliphatic carboxylic acids is 1. The van der Waals surface area contributed by atoms with E-state index in [4.69, 9.17) is 0 Å². The molecule has 1 fully saturated rings. The van der Waals surface area contributed by atoms with Gasteiger partial charge in [-0.05, 0) is 30.7 Å². The van der Waals surface area contributed by atoms with E-state index in [1.807, 2.05) is 25.1 Å². The summed E-state index contributed by atoms with van der Waals surface area (Å²) in [6.45, 7) is 1.91. The molecule has 1 saturated carbocycles. The van der Waals surface area contributed by atoms with Crippen LogP contribution in [0.1, 0.15) is 44.2 Å². The Morgan fingerprint density at radius 1 is 1.39 bits per heavy atom. The summed E-state index contributed by atoms with van der Waals surface area (Å²) < 4.78 is 0. The zero-order chi connectivity index (χ0) is 13.0. The highest BCUT2D eigenvalue weighted by atomic mass is 16.4. The topological polar surface area (TPSA) is 49.3 Å². The van der Waals surface area contributed by atoms with Crippen molar-refractivity contribution in [3.05, 3.63) is 35.9 Å². The number of benzene rings is 1. The molecular weight excluding hydrogens is 226 g/mol. The van der Waals surface area contributed by atoms with Gasteiger partial charge in [0, 0.05) is 6.04 Å². The van der Waals surface area contributed by atoms with Gasteiger partial charge >= 0.3 is 5.97 Å². The van der Waals surface area contributed by atoms with Crippen LogP contribution in [0.4, 0.5) is 0 Å². The molecule has 0 heterocycles. The molecule has 2 atom stereocenters. The molecule has 0 bridgehead atoms.